The number of nitrogens with zero attached hydrogens (tertiary/aromatic N) is 2. The Morgan fingerprint density at radius 1 is 1.39 bits per heavy atom. The van der Waals surface area contributed by atoms with Crippen molar-refractivity contribution in [1.82, 2.24) is 9.78 Å². The van der Waals surface area contributed by atoms with E-state index >= 15 is 0 Å². The molecule has 0 aliphatic carbocycles. The summed E-state index contributed by atoms with van der Waals surface area (Å²) in [6.07, 6.45) is 4.31. The zero-order valence-electron chi connectivity index (χ0n) is 10.7. The minimum absolute atomic E-state index is 0.0501. The van der Waals surface area contributed by atoms with Gasteiger partial charge in [-0.15, -0.1) is 0 Å². The van der Waals surface area contributed by atoms with Crippen LogP contribution in [-0.2, 0) is 26.9 Å². The second-order valence-electron chi connectivity index (χ2n) is 4.05. The number of halogens is 1. The minimum atomic E-state index is -3.76. The monoisotopic (exact) mass is 294 g/mol. The fourth-order valence-electron chi connectivity index (χ4n) is 1.51. The number of aromatic nitrogens is 2. The topological polar surface area (TPSA) is 61.2 Å². The van der Waals surface area contributed by atoms with Gasteiger partial charge >= 0.3 is 0 Å². The van der Waals surface area contributed by atoms with Crippen molar-refractivity contribution < 1.29 is 13.2 Å². The number of unbranched alkanes of at least 4 members (excludes halogenated alkanes) is 1. The van der Waals surface area contributed by atoms with Gasteiger partial charge < -0.3 is 4.74 Å². The molecule has 0 aliphatic heterocycles. The highest BCUT2D eigenvalue weighted by Gasteiger charge is 2.20. The Labute approximate surface area is 113 Å². The highest BCUT2D eigenvalue weighted by Crippen LogP contribution is 2.20. The molecule has 1 rings (SSSR count). The number of rotatable bonds is 8. The SMILES string of the molecule is CCCCOCc1nn(CCC)cc1S(=O)(=O)Cl. The zero-order chi connectivity index (χ0) is 13.6. The van der Waals surface area contributed by atoms with Crippen LogP contribution in [0.3, 0.4) is 0 Å². The van der Waals surface area contributed by atoms with E-state index in [0.717, 1.165) is 19.3 Å². The molecule has 0 saturated carbocycles. The van der Waals surface area contributed by atoms with E-state index in [1.807, 2.05) is 6.92 Å². The molecule has 0 unspecified atom stereocenters. The van der Waals surface area contributed by atoms with Crippen LogP contribution in [0.4, 0.5) is 0 Å². The molecule has 18 heavy (non-hydrogen) atoms. The van der Waals surface area contributed by atoms with Crippen molar-refractivity contribution in [1.29, 1.82) is 0 Å². The fourth-order valence-corrected chi connectivity index (χ4v) is 2.52. The third-order valence-electron chi connectivity index (χ3n) is 2.40. The molecule has 0 saturated heterocycles. The van der Waals surface area contributed by atoms with Crippen LogP contribution in [0.15, 0.2) is 11.1 Å². The first-order chi connectivity index (χ1) is 8.49. The molecule has 1 aromatic rings. The van der Waals surface area contributed by atoms with Gasteiger partial charge in [0.25, 0.3) is 9.05 Å². The first kappa shape index (κ1) is 15.5. The van der Waals surface area contributed by atoms with Crippen LogP contribution in [0.25, 0.3) is 0 Å². The third-order valence-corrected chi connectivity index (χ3v) is 3.76. The van der Waals surface area contributed by atoms with E-state index in [1.54, 1.807) is 4.68 Å². The van der Waals surface area contributed by atoms with Crippen LogP contribution in [-0.4, -0.2) is 24.8 Å². The Bertz CT molecular complexity index is 471. The van der Waals surface area contributed by atoms with E-state index in [1.165, 1.54) is 6.20 Å². The lowest BCUT2D eigenvalue weighted by Gasteiger charge is -2.01. The standard InChI is InChI=1S/C11H19ClN2O3S/c1-3-5-7-17-9-10-11(18(12,15)16)8-14(13-10)6-4-2/h8H,3-7,9H2,1-2H3. The van der Waals surface area contributed by atoms with E-state index < -0.39 is 9.05 Å². The molecule has 7 heteroatoms. The molecule has 0 radical (unpaired) electrons. The van der Waals surface area contributed by atoms with Crippen LogP contribution in [0.1, 0.15) is 38.8 Å². The molecule has 5 nitrogen and oxygen atoms in total. The van der Waals surface area contributed by atoms with Gasteiger partial charge in [-0.25, -0.2) is 8.42 Å². The lowest BCUT2D eigenvalue weighted by atomic mass is 10.4. The summed E-state index contributed by atoms with van der Waals surface area (Å²) in [5.74, 6) is 0. The molecule has 104 valence electrons. The molecule has 1 heterocycles. The van der Waals surface area contributed by atoms with E-state index in [0.29, 0.717) is 18.8 Å². The Kier molecular flexibility index (Phi) is 6.11. The van der Waals surface area contributed by atoms with Crippen molar-refractivity contribution >= 4 is 19.7 Å². The zero-order valence-corrected chi connectivity index (χ0v) is 12.3. The van der Waals surface area contributed by atoms with Crippen molar-refractivity contribution in [3.05, 3.63) is 11.9 Å². The lowest BCUT2D eigenvalue weighted by Crippen LogP contribution is -2.01. The van der Waals surface area contributed by atoms with Gasteiger partial charge in [0, 0.05) is 30.0 Å². The Hall–Kier alpha value is -0.590. The van der Waals surface area contributed by atoms with Gasteiger partial charge in [0.15, 0.2) is 0 Å². The molecule has 1 aromatic heterocycles. The summed E-state index contributed by atoms with van der Waals surface area (Å²) in [5, 5.41) is 4.19. The van der Waals surface area contributed by atoms with Gasteiger partial charge in [-0.3, -0.25) is 4.68 Å². The summed E-state index contributed by atoms with van der Waals surface area (Å²) in [4.78, 5) is 0.0501. The first-order valence-electron chi connectivity index (χ1n) is 6.07. The van der Waals surface area contributed by atoms with Crippen molar-refractivity contribution in [2.75, 3.05) is 6.61 Å². The first-order valence-corrected chi connectivity index (χ1v) is 8.38. The molecule has 0 aromatic carbocycles. The molecule has 0 spiro atoms. The summed E-state index contributed by atoms with van der Waals surface area (Å²) < 4.78 is 29.8. The largest absolute Gasteiger partial charge is 0.375 e. The molecular formula is C11H19ClN2O3S. The number of hydrogen-bond donors (Lipinski definition) is 0. The van der Waals surface area contributed by atoms with Crippen molar-refractivity contribution in [2.45, 2.75) is 51.2 Å². The lowest BCUT2D eigenvalue weighted by molar-refractivity contribution is 0.113. The second kappa shape index (κ2) is 7.11. The maximum Gasteiger partial charge on any atom is 0.264 e. The summed E-state index contributed by atoms with van der Waals surface area (Å²) in [7, 11) is 1.62. The second-order valence-corrected chi connectivity index (χ2v) is 6.58. The molecule has 0 N–H and O–H groups in total. The summed E-state index contributed by atoms with van der Waals surface area (Å²) in [6.45, 7) is 5.49. The predicted octanol–water partition coefficient (Wildman–Crippen LogP) is 2.54. The molecule has 0 fully saturated rings. The molecule has 0 amide bonds. The quantitative estimate of drug-likeness (QED) is 0.546. The van der Waals surface area contributed by atoms with Crippen LogP contribution >= 0.6 is 10.7 Å². The van der Waals surface area contributed by atoms with E-state index in [9.17, 15) is 8.42 Å². The maximum atomic E-state index is 11.4. The Balaban J connectivity index is 2.80. The molecule has 0 atom stereocenters. The fraction of sp³-hybridized carbons (Fsp3) is 0.727. The van der Waals surface area contributed by atoms with Crippen molar-refractivity contribution in [3.8, 4) is 0 Å². The number of ether oxygens (including phenoxy) is 1. The average Bonchev–Trinajstić information content (AvgIpc) is 2.68. The van der Waals surface area contributed by atoms with Gasteiger partial charge in [0.2, 0.25) is 0 Å². The predicted molar refractivity (Wildman–Crippen MR) is 70.1 cm³/mol. The number of aryl methyl sites for hydroxylation is 1. The van der Waals surface area contributed by atoms with Gasteiger partial charge in [-0.05, 0) is 12.8 Å². The average molecular weight is 295 g/mol. The van der Waals surface area contributed by atoms with Crippen LogP contribution in [0, 0.1) is 0 Å². The van der Waals surface area contributed by atoms with Gasteiger partial charge in [0.05, 0.1) is 6.61 Å². The van der Waals surface area contributed by atoms with Gasteiger partial charge in [-0.1, -0.05) is 20.3 Å². The smallest absolute Gasteiger partial charge is 0.264 e. The van der Waals surface area contributed by atoms with Crippen molar-refractivity contribution in [3.63, 3.8) is 0 Å². The molecule has 0 aliphatic rings. The Morgan fingerprint density at radius 2 is 2.11 bits per heavy atom. The van der Waals surface area contributed by atoms with E-state index in [4.69, 9.17) is 15.4 Å². The Morgan fingerprint density at radius 3 is 2.67 bits per heavy atom. The maximum absolute atomic E-state index is 11.4. The summed E-state index contributed by atoms with van der Waals surface area (Å²) in [5.41, 5.74) is 0.384. The highest BCUT2D eigenvalue weighted by molar-refractivity contribution is 8.13. The van der Waals surface area contributed by atoms with E-state index in [-0.39, 0.29) is 11.5 Å². The van der Waals surface area contributed by atoms with E-state index in [2.05, 4.69) is 12.0 Å². The summed E-state index contributed by atoms with van der Waals surface area (Å²) in [6, 6.07) is 0. The van der Waals surface area contributed by atoms with Gasteiger partial charge in [0.1, 0.15) is 10.6 Å². The molecular weight excluding hydrogens is 276 g/mol. The van der Waals surface area contributed by atoms with Crippen LogP contribution in [0.5, 0.6) is 0 Å². The van der Waals surface area contributed by atoms with Gasteiger partial charge in [-0.2, -0.15) is 5.10 Å². The third kappa shape index (κ3) is 4.59. The van der Waals surface area contributed by atoms with Crippen molar-refractivity contribution in [2.24, 2.45) is 0 Å². The summed E-state index contributed by atoms with van der Waals surface area (Å²) >= 11 is 0. The number of hydrogen-bond acceptors (Lipinski definition) is 4. The highest BCUT2D eigenvalue weighted by atomic mass is 35.7. The minimum Gasteiger partial charge on any atom is -0.375 e. The van der Waals surface area contributed by atoms with Crippen LogP contribution in [0.2, 0.25) is 0 Å². The normalized spacial score (nSPS) is 11.9. The molecule has 0 bridgehead atoms. The van der Waals surface area contributed by atoms with Crippen LogP contribution < -0.4 is 0 Å².